The zero-order valence-corrected chi connectivity index (χ0v) is 8.64. The lowest BCUT2D eigenvalue weighted by Crippen LogP contribution is -2.38. The van der Waals surface area contributed by atoms with E-state index in [0.717, 1.165) is 0 Å². The third kappa shape index (κ3) is 3.11. The van der Waals surface area contributed by atoms with Crippen molar-refractivity contribution in [2.75, 3.05) is 6.61 Å². The molecular formula is C10H15F3O2. The minimum absolute atomic E-state index is 0.0486. The van der Waals surface area contributed by atoms with E-state index in [4.69, 9.17) is 0 Å². The maximum atomic E-state index is 12.6. The molecule has 1 rings (SSSR count). The summed E-state index contributed by atoms with van der Waals surface area (Å²) in [6, 6.07) is 0. The number of carbonyl (C=O) groups is 1. The van der Waals surface area contributed by atoms with Crippen LogP contribution in [-0.4, -0.2) is 18.8 Å². The normalized spacial score (nSPS) is 27.5. The van der Waals surface area contributed by atoms with Crippen LogP contribution in [0.1, 0.15) is 32.6 Å². The predicted octanol–water partition coefficient (Wildman–Crippen LogP) is 2.92. The number of hydrogen-bond acceptors (Lipinski definition) is 2. The molecule has 0 aliphatic heterocycles. The third-order valence-electron chi connectivity index (χ3n) is 2.78. The molecule has 1 fully saturated rings. The number of rotatable bonds is 2. The van der Waals surface area contributed by atoms with Crippen LogP contribution in [0.4, 0.5) is 13.2 Å². The van der Waals surface area contributed by atoms with Gasteiger partial charge in [0.15, 0.2) is 0 Å². The maximum Gasteiger partial charge on any atom is 0.392 e. The van der Waals surface area contributed by atoms with Gasteiger partial charge in [0.2, 0.25) is 0 Å². The zero-order chi connectivity index (χ0) is 11.5. The van der Waals surface area contributed by atoms with Crippen LogP contribution >= 0.6 is 0 Å². The third-order valence-corrected chi connectivity index (χ3v) is 2.78. The van der Waals surface area contributed by atoms with Gasteiger partial charge >= 0.3 is 12.1 Å². The van der Waals surface area contributed by atoms with Crippen molar-refractivity contribution in [1.29, 1.82) is 0 Å². The number of alkyl halides is 3. The van der Waals surface area contributed by atoms with Crippen molar-refractivity contribution < 1.29 is 22.7 Å². The van der Waals surface area contributed by atoms with Crippen LogP contribution < -0.4 is 0 Å². The van der Waals surface area contributed by atoms with Gasteiger partial charge in [0.05, 0.1) is 18.4 Å². The van der Waals surface area contributed by atoms with Gasteiger partial charge in [-0.2, -0.15) is 13.2 Å². The predicted molar refractivity (Wildman–Crippen MR) is 48.1 cm³/mol. The molecule has 1 aliphatic rings. The Morgan fingerprint density at radius 1 is 1.33 bits per heavy atom. The molecule has 0 saturated heterocycles. The Kier molecular flexibility index (Phi) is 3.99. The van der Waals surface area contributed by atoms with Crippen LogP contribution in [0.3, 0.4) is 0 Å². The molecule has 0 spiro atoms. The molecule has 1 saturated carbocycles. The van der Waals surface area contributed by atoms with E-state index in [1.54, 1.807) is 6.92 Å². The molecule has 0 aromatic carbocycles. The van der Waals surface area contributed by atoms with E-state index in [-0.39, 0.29) is 13.0 Å². The Morgan fingerprint density at radius 2 is 1.93 bits per heavy atom. The molecule has 1 aliphatic carbocycles. The average molecular weight is 224 g/mol. The molecule has 0 bridgehead atoms. The molecule has 0 heterocycles. The largest absolute Gasteiger partial charge is 0.466 e. The molecule has 0 aromatic rings. The fraction of sp³-hybridized carbons (Fsp3) is 0.900. The van der Waals surface area contributed by atoms with Gasteiger partial charge in [-0.15, -0.1) is 0 Å². The summed E-state index contributed by atoms with van der Waals surface area (Å²) in [4.78, 5) is 11.3. The monoisotopic (exact) mass is 224 g/mol. The lowest BCUT2D eigenvalue weighted by atomic mass is 9.79. The van der Waals surface area contributed by atoms with Crippen LogP contribution in [0.2, 0.25) is 0 Å². The van der Waals surface area contributed by atoms with Crippen molar-refractivity contribution in [3.8, 4) is 0 Å². The maximum absolute atomic E-state index is 12.6. The van der Waals surface area contributed by atoms with E-state index >= 15 is 0 Å². The summed E-state index contributed by atoms with van der Waals surface area (Å²) in [5.41, 5.74) is 0. The molecule has 88 valence electrons. The lowest BCUT2D eigenvalue weighted by molar-refractivity contribution is -0.204. The summed E-state index contributed by atoms with van der Waals surface area (Å²) in [6.45, 7) is 1.74. The molecule has 5 heteroatoms. The highest BCUT2D eigenvalue weighted by molar-refractivity contribution is 5.73. The first-order valence-electron chi connectivity index (χ1n) is 5.20. The Labute approximate surface area is 86.8 Å². The number of hydrogen-bond donors (Lipinski definition) is 0. The first kappa shape index (κ1) is 12.3. The second-order valence-corrected chi connectivity index (χ2v) is 3.79. The van der Waals surface area contributed by atoms with E-state index in [9.17, 15) is 18.0 Å². The SMILES string of the molecule is CCOC(=O)[C@H]1CCCC[C@@H]1C(F)(F)F. The van der Waals surface area contributed by atoms with E-state index in [1.165, 1.54) is 0 Å². The lowest BCUT2D eigenvalue weighted by Gasteiger charge is -2.31. The number of halogens is 3. The standard InChI is InChI=1S/C10H15F3O2/c1-2-15-9(14)7-5-3-4-6-8(7)10(11,12)13/h7-8H,2-6H2,1H3/t7-,8-/m0/s1. The Morgan fingerprint density at radius 3 is 2.47 bits per heavy atom. The van der Waals surface area contributed by atoms with Crippen molar-refractivity contribution in [1.82, 2.24) is 0 Å². The van der Waals surface area contributed by atoms with E-state index in [0.29, 0.717) is 19.3 Å². The van der Waals surface area contributed by atoms with E-state index in [2.05, 4.69) is 4.74 Å². The quantitative estimate of drug-likeness (QED) is 0.674. The van der Waals surface area contributed by atoms with Crippen LogP contribution in [0.25, 0.3) is 0 Å². The van der Waals surface area contributed by atoms with Crippen molar-refractivity contribution >= 4 is 5.97 Å². The fourth-order valence-electron chi connectivity index (χ4n) is 2.05. The van der Waals surface area contributed by atoms with Crippen molar-refractivity contribution in [2.45, 2.75) is 38.8 Å². The Balaban J connectivity index is 2.70. The van der Waals surface area contributed by atoms with E-state index < -0.39 is 24.0 Å². The highest BCUT2D eigenvalue weighted by Crippen LogP contribution is 2.41. The molecule has 0 radical (unpaired) electrons. The number of esters is 1. The van der Waals surface area contributed by atoms with Gasteiger partial charge in [-0.3, -0.25) is 4.79 Å². The van der Waals surface area contributed by atoms with Gasteiger partial charge in [0.25, 0.3) is 0 Å². The van der Waals surface area contributed by atoms with Crippen LogP contribution in [-0.2, 0) is 9.53 Å². The minimum Gasteiger partial charge on any atom is -0.466 e. The summed E-state index contributed by atoms with van der Waals surface area (Å²) in [5.74, 6) is -3.19. The smallest absolute Gasteiger partial charge is 0.392 e. The highest BCUT2D eigenvalue weighted by Gasteiger charge is 2.48. The van der Waals surface area contributed by atoms with Crippen molar-refractivity contribution in [3.05, 3.63) is 0 Å². The van der Waals surface area contributed by atoms with Crippen molar-refractivity contribution in [3.63, 3.8) is 0 Å². The molecule has 0 N–H and O–H groups in total. The summed E-state index contributed by atoms with van der Waals surface area (Å²) < 4.78 is 42.4. The van der Waals surface area contributed by atoms with E-state index in [1.807, 2.05) is 0 Å². The van der Waals surface area contributed by atoms with Crippen LogP contribution in [0.15, 0.2) is 0 Å². The van der Waals surface area contributed by atoms with Gasteiger partial charge in [-0.25, -0.2) is 0 Å². The van der Waals surface area contributed by atoms with Crippen molar-refractivity contribution in [2.24, 2.45) is 11.8 Å². The fourth-order valence-corrected chi connectivity index (χ4v) is 2.05. The number of ether oxygens (including phenoxy) is 1. The van der Waals surface area contributed by atoms with Gasteiger partial charge in [-0.1, -0.05) is 12.8 Å². The first-order valence-corrected chi connectivity index (χ1v) is 5.20. The van der Waals surface area contributed by atoms with Gasteiger partial charge in [0, 0.05) is 0 Å². The first-order chi connectivity index (χ1) is 6.96. The molecule has 2 nitrogen and oxygen atoms in total. The Hall–Kier alpha value is -0.740. The molecule has 0 unspecified atom stereocenters. The zero-order valence-electron chi connectivity index (χ0n) is 8.64. The highest BCUT2D eigenvalue weighted by atomic mass is 19.4. The summed E-state index contributed by atoms with van der Waals surface area (Å²) >= 11 is 0. The summed E-state index contributed by atoms with van der Waals surface area (Å²) in [5, 5.41) is 0. The number of carbonyl (C=O) groups excluding carboxylic acids is 1. The minimum atomic E-state index is -4.28. The van der Waals surface area contributed by atoms with Crippen LogP contribution in [0, 0.1) is 11.8 Å². The molecule has 0 aromatic heterocycles. The van der Waals surface area contributed by atoms with Gasteiger partial charge < -0.3 is 4.74 Å². The molecule has 0 amide bonds. The summed E-state index contributed by atoms with van der Waals surface area (Å²) in [7, 11) is 0. The molecular weight excluding hydrogens is 209 g/mol. The topological polar surface area (TPSA) is 26.3 Å². The second-order valence-electron chi connectivity index (χ2n) is 3.79. The van der Waals surface area contributed by atoms with Gasteiger partial charge in [0.1, 0.15) is 0 Å². The van der Waals surface area contributed by atoms with Crippen LogP contribution in [0.5, 0.6) is 0 Å². The Bertz CT molecular complexity index is 225. The van der Waals surface area contributed by atoms with Gasteiger partial charge in [-0.05, 0) is 19.8 Å². The summed E-state index contributed by atoms with van der Waals surface area (Å²) in [6.07, 6.45) is -2.72. The molecule has 2 atom stereocenters. The molecule has 15 heavy (non-hydrogen) atoms. The second kappa shape index (κ2) is 4.86. The average Bonchev–Trinajstić information content (AvgIpc) is 2.17.